The molecule has 0 radical (unpaired) electrons. The second-order valence-corrected chi connectivity index (χ2v) is 9.10. The molecule has 5 nitrogen and oxygen atoms in total. The molecule has 1 fully saturated rings. The van der Waals surface area contributed by atoms with Crippen LogP contribution in [0, 0.1) is 0 Å². The Hall–Kier alpha value is -1.47. The first-order chi connectivity index (χ1) is 13.0. The summed E-state index contributed by atoms with van der Waals surface area (Å²) in [5.74, 6) is 0. The zero-order valence-electron chi connectivity index (χ0n) is 16.0. The number of aliphatic hydroxyl groups is 1. The fourth-order valence-corrected chi connectivity index (χ4v) is 5.25. The van der Waals surface area contributed by atoms with E-state index in [0.29, 0.717) is 17.8 Å². The fraction of sp³-hybridized carbons (Fsp3) is 0.524. The molecule has 2 atom stereocenters. The monoisotopic (exact) mass is 390 g/mol. The van der Waals surface area contributed by atoms with E-state index in [1.807, 2.05) is 30.3 Å². The van der Waals surface area contributed by atoms with Crippen molar-refractivity contribution in [1.29, 1.82) is 0 Å². The lowest BCUT2D eigenvalue weighted by molar-refractivity contribution is 0.103. The number of nitrogens with one attached hydrogen (secondary N) is 1. The Morgan fingerprint density at radius 3 is 2.78 bits per heavy atom. The summed E-state index contributed by atoms with van der Waals surface area (Å²) in [5.41, 5.74) is 0. The molecule has 0 bridgehead atoms. The van der Waals surface area contributed by atoms with Crippen molar-refractivity contribution in [2.24, 2.45) is 0 Å². The smallest absolute Gasteiger partial charge is 0.241 e. The molecule has 3 rings (SSSR count). The van der Waals surface area contributed by atoms with Crippen LogP contribution in [0.25, 0.3) is 10.8 Å². The van der Waals surface area contributed by atoms with E-state index >= 15 is 0 Å². The van der Waals surface area contributed by atoms with Crippen LogP contribution in [-0.4, -0.2) is 50.2 Å². The molecule has 1 unspecified atom stereocenters. The highest BCUT2D eigenvalue weighted by atomic mass is 32.2. The number of hydrogen-bond donors (Lipinski definition) is 2. The second-order valence-electron chi connectivity index (χ2n) is 7.37. The third kappa shape index (κ3) is 5.08. The van der Waals surface area contributed by atoms with E-state index in [-0.39, 0.29) is 11.4 Å². The molecule has 0 aromatic heterocycles. The van der Waals surface area contributed by atoms with Crippen LogP contribution >= 0.6 is 0 Å². The molecule has 1 heterocycles. The summed E-state index contributed by atoms with van der Waals surface area (Å²) >= 11 is 0. The molecule has 2 N–H and O–H groups in total. The van der Waals surface area contributed by atoms with Crippen LogP contribution in [0.2, 0.25) is 0 Å². The molecule has 27 heavy (non-hydrogen) atoms. The Kier molecular flexibility index (Phi) is 6.87. The third-order valence-electron chi connectivity index (χ3n) is 5.52. The normalized spacial score (nSPS) is 20.0. The molecule has 1 aliphatic rings. The van der Waals surface area contributed by atoms with Crippen LogP contribution in [0.3, 0.4) is 0 Å². The van der Waals surface area contributed by atoms with Gasteiger partial charge in [-0.1, -0.05) is 49.7 Å². The van der Waals surface area contributed by atoms with Gasteiger partial charge in [0.15, 0.2) is 0 Å². The number of hydrogen-bond acceptors (Lipinski definition) is 4. The minimum atomic E-state index is -3.66. The maximum absolute atomic E-state index is 12.7. The largest absolute Gasteiger partial charge is 0.392 e. The minimum absolute atomic E-state index is 0.0379. The van der Waals surface area contributed by atoms with E-state index in [4.69, 9.17) is 0 Å². The summed E-state index contributed by atoms with van der Waals surface area (Å²) in [5, 5.41) is 11.9. The average molecular weight is 391 g/mol. The van der Waals surface area contributed by atoms with Gasteiger partial charge < -0.3 is 10.0 Å². The molecule has 148 valence electrons. The number of aliphatic hydroxyl groups excluding tert-OH is 1. The zero-order valence-corrected chi connectivity index (χ0v) is 16.8. The predicted octanol–water partition coefficient (Wildman–Crippen LogP) is 3.13. The van der Waals surface area contributed by atoms with Gasteiger partial charge in [0, 0.05) is 24.5 Å². The molecular weight excluding hydrogens is 360 g/mol. The quantitative estimate of drug-likeness (QED) is 0.727. The molecular formula is C21H30N2O3S. The molecule has 2 aromatic rings. The van der Waals surface area contributed by atoms with E-state index in [2.05, 4.69) is 16.5 Å². The Bertz CT molecular complexity index is 848. The second kappa shape index (κ2) is 9.15. The first-order valence-electron chi connectivity index (χ1n) is 9.91. The number of fused-ring (bicyclic) bond motifs is 1. The van der Waals surface area contributed by atoms with Crippen molar-refractivity contribution in [3.8, 4) is 0 Å². The Labute approximate surface area is 162 Å². The number of sulfonamides is 1. The molecule has 1 saturated heterocycles. The lowest BCUT2D eigenvalue weighted by Gasteiger charge is -2.35. The number of piperidine rings is 1. The van der Waals surface area contributed by atoms with Gasteiger partial charge >= 0.3 is 0 Å². The van der Waals surface area contributed by atoms with Crippen LogP contribution in [-0.2, 0) is 10.0 Å². The summed E-state index contributed by atoms with van der Waals surface area (Å²) in [6, 6.07) is 13.3. The third-order valence-corrected chi connectivity index (χ3v) is 7.00. The highest BCUT2D eigenvalue weighted by molar-refractivity contribution is 7.89. The molecule has 0 spiro atoms. The van der Waals surface area contributed by atoms with Crippen LogP contribution in [0.1, 0.15) is 39.0 Å². The van der Waals surface area contributed by atoms with Crippen LogP contribution in [0.15, 0.2) is 47.4 Å². The van der Waals surface area contributed by atoms with E-state index in [1.54, 1.807) is 12.1 Å². The van der Waals surface area contributed by atoms with E-state index in [1.165, 1.54) is 19.3 Å². The lowest BCUT2D eigenvalue weighted by Crippen LogP contribution is -2.41. The van der Waals surface area contributed by atoms with Gasteiger partial charge in [-0.3, -0.25) is 0 Å². The zero-order chi connectivity index (χ0) is 19.3. The standard InChI is InChI=1S/C21H30N2O3S/c1-2-18-10-5-6-14-23(18)15-13-19(24)16-22-27(25,26)21-12-7-9-17-8-3-4-11-20(17)21/h3-4,7-9,11-12,18-19,22,24H,2,5-6,10,13-16H2,1H3/t18?,19-/m1/s1. The Balaban J connectivity index is 1.58. The van der Waals surface area contributed by atoms with Gasteiger partial charge in [0.25, 0.3) is 0 Å². The van der Waals surface area contributed by atoms with Crippen LogP contribution in [0.4, 0.5) is 0 Å². The minimum Gasteiger partial charge on any atom is -0.392 e. The van der Waals surface area contributed by atoms with E-state index < -0.39 is 16.1 Å². The van der Waals surface area contributed by atoms with Gasteiger partial charge in [-0.15, -0.1) is 0 Å². The van der Waals surface area contributed by atoms with Crippen molar-refractivity contribution >= 4 is 20.8 Å². The number of nitrogens with zero attached hydrogens (tertiary/aromatic N) is 1. The van der Waals surface area contributed by atoms with Crippen molar-refractivity contribution in [3.63, 3.8) is 0 Å². The van der Waals surface area contributed by atoms with Crippen molar-refractivity contribution in [3.05, 3.63) is 42.5 Å². The fourth-order valence-electron chi connectivity index (χ4n) is 3.95. The van der Waals surface area contributed by atoms with E-state index in [9.17, 15) is 13.5 Å². The van der Waals surface area contributed by atoms with Gasteiger partial charge in [-0.25, -0.2) is 13.1 Å². The highest BCUT2D eigenvalue weighted by Gasteiger charge is 2.22. The average Bonchev–Trinajstić information content (AvgIpc) is 2.70. The van der Waals surface area contributed by atoms with E-state index in [0.717, 1.165) is 24.9 Å². The van der Waals surface area contributed by atoms with Gasteiger partial charge in [-0.2, -0.15) is 0 Å². The van der Waals surface area contributed by atoms with Gasteiger partial charge in [0.05, 0.1) is 11.0 Å². The van der Waals surface area contributed by atoms with Gasteiger partial charge in [0.2, 0.25) is 10.0 Å². The van der Waals surface area contributed by atoms with Crippen molar-refractivity contribution in [1.82, 2.24) is 9.62 Å². The molecule has 0 amide bonds. The lowest BCUT2D eigenvalue weighted by atomic mass is 9.99. The van der Waals surface area contributed by atoms with Gasteiger partial charge in [0.1, 0.15) is 0 Å². The summed E-state index contributed by atoms with van der Waals surface area (Å²) in [4.78, 5) is 2.70. The van der Waals surface area contributed by atoms with Crippen LogP contribution < -0.4 is 4.72 Å². The maximum atomic E-state index is 12.7. The van der Waals surface area contributed by atoms with Gasteiger partial charge in [-0.05, 0) is 43.7 Å². The molecule has 2 aromatic carbocycles. The Morgan fingerprint density at radius 2 is 1.96 bits per heavy atom. The Morgan fingerprint density at radius 1 is 1.19 bits per heavy atom. The number of rotatable bonds is 8. The predicted molar refractivity (Wildman–Crippen MR) is 109 cm³/mol. The summed E-state index contributed by atoms with van der Waals surface area (Å²) < 4.78 is 28.0. The topological polar surface area (TPSA) is 69.6 Å². The van der Waals surface area contributed by atoms with Crippen molar-refractivity contribution in [2.75, 3.05) is 19.6 Å². The molecule has 0 saturated carbocycles. The maximum Gasteiger partial charge on any atom is 0.241 e. The number of likely N-dealkylation sites (tertiary alicyclic amines) is 1. The molecule has 0 aliphatic carbocycles. The SMILES string of the molecule is CCC1CCCCN1CC[C@@H](O)CNS(=O)(=O)c1cccc2ccccc12. The molecule has 1 aliphatic heterocycles. The van der Waals surface area contributed by atoms with Crippen molar-refractivity contribution < 1.29 is 13.5 Å². The summed E-state index contributed by atoms with van der Waals surface area (Å²) in [7, 11) is -3.66. The van der Waals surface area contributed by atoms with Crippen LogP contribution in [0.5, 0.6) is 0 Å². The molecule has 6 heteroatoms. The summed E-state index contributed by atoms with van der Waals surface area (Å²) in [6.45, 7) is 4.14. The summed E-state index contributed by atoms with van der Waals surface area (Å²) in [6.07, 6.45) is 4.73. The highest BCUT2D eigenvalue weighted by Crippen LogP contribution is 2.23. The first-order valence-corrected chi connectivity index (χ1v) is 11.4. The first kappa shape index (κ1) is 20.3. The van der Waals surface area contributed by atoms with Crippen molar-refractivity contribution in [2.45, 2.75) is 56.1 Å². The number of benzene rings is 2.